The van der Waals surface area contributed by atoms with Gasteiger partial charge in [0.15, 0.2) is 0 Å². The summed E-state index contributed by atoms with van der Waals surface area (Å²) in [6.07, 6.45) is 0. The van der Waals surface area contributed by atoms with Crippen molar-refractivity contribution in [2.45, 2.75) is 0 Å². The average Bonchev–Trinajstić information content (AvgIpc) is 3.97. The number of anilines is 3. The predicted octanol–water partition coefficient (Wildman–Crippen LogP) is 15.4. The first-order valence-electron chi connectivity index (χ1n) is 19.7. The van der Waals surface area contributed by atoms with Crippen molar-refractivity contribution < 1.29 is 8.83 Å². The molecule has 12 rings (SSSR count). The third-order valence-electron chi connectivity index (χ3n) is 11.6. The third kappa shape index (κ3) is 4.95. The fraction of sp³-hybridized carbons (Fsp3) is 0. The van der Waals surface area contributed by atoms with Crippen LogP contribution in [0.25, 0.3) is 93.6 Å². The molecule has 0 spiro atoms. The minimum absolute atomic E-state index is 0.859. The van der Waals surface area contributed by atoms with Crippen molar-refractivity contribution in [3.63, 3.8) is 0 Å². The van der Waals surface area contributed by atoms with Gasteiger partial charge in [0.05, 0.1) is 16.7 Å². The number of aromatic nitrogens is 1. The monoisotopic (exact) mass is 742 g/mol. The Morgan fingerprint density at radius 1 is 0.345 bits per heavy atom. The van der Waals surface area contributed by atoms with Gasteiger partial charge in [-0.15, -0.1) is 0 Å². The largest absolute Gasteiger partial charge is 0.455 e. The zero-order chi connectivity index (χ0) is 38.2. The second-order valence-corrected chi connectivity index (χ2v) is 14.8. The first-order valence-corrected chi connectivity index (χ1v) is 19.7. The smallest absolute Gasteiger partial charge is 0.145 e. The Kier molecular flexibility index (Phi) is 7.20. The van der Waals surface area contributed by atoms with E-state index in [0.717, 1.165) is 88.9 Å². The van der Waals surface area contributed by atoms with Crippen LogP contribution in [0.2, 0.25) is 0 Å². The molecule has 12 aromatic rings. The lowest BCUT2D eigenvalue weighted by Gasteiger charge is -2.28. The Balaban J connectivity index is 1.04. The van der Waals surface area contributed by atoms with E-state index in [2.05, 4.69) is 198 Å². The van der Waals surface area contributed by atoms with Gasteiger partial charge in [-0.2, -0.15) is 0 Å². The lowest BCUT2D eigenvalue weighted by molar-refractivity contribution is 0.669. The summed E-state index contributed by atoms with van der Waals surface area (Å²) in [6, 6.07) is 73.1. The molecule has 0 atom stereocenters. The summed E-state index contributed by atoms with van der Waals surface area (Å²) in [5, 5.41) is 6.93. The van der Waals surface area contributed by atoms with Crippen molar-refractivity contribution in [1.82, 2.24) is 4.57 Å². The van der Waals surface area contributed by atoms with Crippen molar-refractivity contribution >= 4 is 82.7 Å². The molecule has 58 heavy (non-hydrogen) atoms. The SMILES string of the molecule is c1ccc(N(c2ccc(-c3cccc4c3oc3ccccc34)cc2)c2ccc3c(oc4ccccc43)c2-c2ccc(-n3c4ccccc4c4ccccc43)cc2)cc1. The van der Waals surface area contributed by atoms with E-state index >= 15 is 0 Å². The van der Waals surface area contributed by atoms with Gasteiger partial charge in [0.25, 0.3) is 0 Å². The highest BCUT2D eigenvalue weighted by Crippen LogP contribution is 2.47. The highest BCUT2D eigenvalue weighted by molar-refractivity contribution is 6.14. The number of hydrogen-bond acceptors (Lipinski definition) is 3. The fourth-order valence-electron chi connectivity index (χ4n) is 8.99. The van der Waals surface area contributed by atoms with E-state index < -0.39 is 0 Å². The lowest BCUT2D eigenvalue weighted by Crippen LogP contribution is -2.11. The first-order chi connectivity index (χ1) is 28.8. The maximum Gasteiger partial charge on any atom is 0.145 e. The average molecular weight is 743 g/mol. The molecule has 0 radical (unpaired) electrons. The van der Waals surface area contributed by atoms with Crippen LogP contribution in [0.5, 0.6) is 0 Å². The van der Waals surface area contributed by atoms with Gasteiger partial charge in [-0.25, -0.2) is 0 Å². The Labute approximate surface area is 334 Å². The fourth-order valence-corrected chi connectivity index (χ4v) is 8.99. The van der Waals surface area contributed by atoms with Crippen molar-refractivity contribution in [2.24, 2.45) is 0 Å². The van der Waals surface area contributed by atoms with E-state index in [4.69, 9.17) is 8.83 Å². The molecule has 0 unspecified atom stereocenters. The summed E-state index contributed by atoms with van der Waals surface area (Å²) >= 11 is 0. The number of rotatable bonds is 6. The van der Waals surface area contributed by atoms with Crippen LogP contribution < -0.4 is 4.90 Å². The van der Waals surface area contributed by atoms with E-state index in [9.17, 15) is 0 Å². The number of furan rings is 2. The molecule has 9 aromatic carbocycles. The molecule has 0 saturated heterocycles. The van der Waals surface area contributed by atoms with Crippen molar-refractivity contribution in [3.8, 4) is 27.9 Å². The standard InChI is InChI=1S/C54H34N2O2/c1-2-13-37(14-3-1)55(38-29-25-35(26-30-38)40-19-12-20-45-43-17-6-10-23-50(43)57-53(40)45)49-34-33-46-44-18-7-11-24-51(44)58-54(46)52(49)36-27-31-39(32-28-36)56-47-21-8-4-15-41(47)42-16-5-9-22-48(42)56/h1-34H. The Hall–Kier alpha value is -7.82. The molecule has 0 N–H and O–H groups in total. The molecule has 0 aliphatic heterocycles. The number of hydrogen-bond donors (Lipinski definition) is 0. The highest BCUT2D eigenvalue weighted by Gasteiger charge is 2.23. The molecule has 3 aromatic heterocycles. The molecule has 272 valence electrons. The van der Waals surface area contributed by atoms with Crippen molar-refractivity contribution in [3.05, 3.63) is 206 Å². The van der Waals surface area contributed by atoms with Gasteiger partial charge in [-0.1, -0.05) is 133 Å². The minimum Gasteiger partial charge on any atom is -0.455 e. The number of para-hydroxylation sites is 6. The number of benzene rings is 9. The molecule has 0 saturated carbocycles. The van der Waals surface area contributed by atoms with Crippen LogP contribution in [0.4, 0.5) is 17.1 Å². The van der Waals surface area contributed by atoms with E-state index in [1.807, 2.05) is 18.2 Å². The molecule has 0 amide bonds. The first kappa shape index (κ1) is 32.4. The zero-order valence-electron chi connectivity index (χ0n) is 31.3. The Morgan fingerprint density at radius 2 is 0.862 bits per heavy atom. The summed E-state index contributed by atoms with van der Waals surface area (Å²) in [6.45, 7) is 0. The van der Waals surface area contributed by atoms with Gasteiger partial charge in [-0.05, 0) is 83.9 Å². The van der Waals surface area contributed by atoms with E-state index in [0.29, 0.717) is 0 Å². The highest BCUT2D eigenvalue weighted by atomic mass is 16.3. The second-order valence-electron chi connectivity index (χ2n) is 14.8. The quantitative estimate of drug-likeness (QED) is 0.170. The van der Waals surface area contributed by atoms with Crippen LogP contribution in [-0.4, -0.2) is 4.57 Å². The maximum atomic E-state index is 6.82. The topological polar surface area (TPSA) is 34.5 Å². The molecule has 0 bridgehead atoms. The summed E-state index contributed by atoms with van der Waals surface area (Å²) in [5.41, 5.74) is 14.4. The van der Waals surface area contributed by atoms with Gasteiger partial charge in [0, 0.05) is 60.5 Å². The molecule has 3 heterocycles. The van der Waals surface area contributed by atoms with Gasteiger partial charge in [-0.3, -0.25) is 0 Å². The predicted molar refractivity (Wildman–Crippen MR) is 241 cm³/mol. The van der Waals surface area contributed by atoms with E-state index in [1.54, 1.807) is 0 Å². The van der Waals surface area contributed by atoms with Crippen LogP contribution in [0.15, 0.2) is 215 Å². The third-order valence-corrected chi connectivity index (χ3v) is 11.6. The Bertz CT molecular complexity index is 3450. The van der Waals surface area contributed by atoms with E-state index in [-0.39, 0.29) is 0 Å². The molecule has 0 aliphatic carbocycles. The van der Waals surface area contributed by atoms with Crippen LogP contribution >= 0.6 is 0 Å². The number of fused-ring (bicyclic) bond motifs is 9. The van der Waals surface area contributed by atoms with Crippen LogP contribution in [0, 0.1) is 0 Å². The van der Waals surface area contributed by atoms with Gasteiger partial charge < -0.3 is 18.3 Å². The molecular weight excluding hydrogens is 709 g/mol. The number of nitrogens with zero attached hydrogens (tertiary/aromatic N) is 2. The summed E-state index contributed by atoms with van der Waals surface area (Å²) in [7, 11) is 0. The van der Waals surface area contributed by atoms with E-state index in [1.165, 1.54) is 21.8 Å². The van der Waals surface area contributed by atoms with Crippen molar-refractivity contribution in [1.29, 1.82) is 0 Å². The second kappa shape index (κ2) is 12.9. The molecular formula is C54H34N2O2. The van der Waals surface area contributed by atoms with Crippen LogP contribution in [0.1, 0.15) is 0 Å². The lowest BCUT2D eigenvalue weighted by atomic mass is 9.97. The summed E-state index contributed by atoms with van der Waals surface area (Å²) < 4.78 is 15.6. The zero-order valence-corrected chi connectivity index (χ0v) is 31.3. The van der Waals surface area contributed by atoms with Crippen molar-refractivity contribution in [2.75, 3.05) is 4.90 Å². The summed E-state index contributed by atoms with van der Waals surface area (Å²) in [4.78, 5) is 2.34. The molecule has 4 heteroatoms. The normalized spacial score (nSPS) is 11.8. The molecule has 4 nitrogen and oxygen atoms in total. The van der Waals surface area contributed by atoms with Gasteiger partial charge >= 0.3 is 0 Å². The maximum absolute atomic E-state index is 6.82. The Morgan fingerprint density at radius 3 is 1.53 bits per heavy atom. The molecule has 0 aliphatic rings. The minimum atomic E-state index is 0.859. The van der Waals surface area contributed by atoms with Crippen LogP contribution in [-0.2, 0) is 0 Å². The van der Waals surface area contributed by atoms with Gasteiger partial charge in [0.1, 0.15) is 22.3 Å². The van der Waals surface area contributed by atoms with Gasteiger partial charge in [0.2, 0.25) is 0 Å². The summed E-state index contributed by atoms with van der Waals surface area (Å²) in [5.74, 6) is 0. The van der Waals surface area contributed by atoms with Crippen LogP contribution in [0.3, 0.4) is 0 Å². The molecule has 0 fully saturated rings.